The van der Waals surface area contributed by atoms with E-state index in [0.29, 0.717) is 43.0 Å². The largest absolute Gasteiger partial charge is 0.336 e. The van der Waals surface area contributed by atoms with Crippen molar-refractivity contribution in [3.05, 3.63) is 100 Å². The Morgan fingerprint density at radius 2 is 1.58 bits per heavy atom. The Kier molecular flexibility index (Phi) is 6.08. The molecular formula is C28H23FN4O3. The molecule has 5 rings (SSSR count). The molecule has 0 N–H and O–H groups in total. The van der Waals surface area contributed by atoms with Crippen LogP contribution in [0.5, 0.6) is 0 Å². The molecule has 1 fully saturated rings. The number of fused-ring (bicyclic) bond motifs is 1. The van der Waals surface area contributed by atoms with Gasteiger partial charge in [-0.1, -0.05) is 30.3 Å². The van der Waals surface area contributed by atoms with Gasteiger partial charge >= 0.3 is 0 Å². The number of nitriles is 1. The van der Waals surface area contributed by atoms with Crippen LogP contribution >= 0.6 is 0 Å². The molecule has 0 aliphatic carbocycles. The van der Waals surface area contributed by atoms with Gasteiger partial charge in [-0.3, -0.25) is 19.3 Å². The van der Waals surface area contributed by atoms with Gasteiger partial charge in [0.1, 0.15) is 11.9 Å². The number of aryl methyl sites for hydroxylation is 1. The fraction of sp³-hybridized carbons (Fsp3) is 0.214. The highest BCUT2D eigenvalue weighted by atomic mass is 19.1. The summed E-state index contributed by atoms with van der Waals surface area (Å²) in [5.74, 6) is -1.44. The third-order valence-corrected chi connectivity index (χ3v) is 6.76. The Balaban J connectivity index is 1.30. The zero-order valence-corrected chi connectivity index (χ0v) is 19.6. The molecule has 2 aliphatic heterocycles. The van der Waals surface area contributed by atoms with Crippen LogP contribution in [0.15, 0.2) is 66.7 Å². The highest BCUT2D eigenvalue weighted by molar-refractivity contribution is 6.35. The zero-order valence-electron chi connectivity index (χ0n) is 19.6. The summed E-state index contributed by atoms with van der Waals surface area (Å²) >= 11 is 0. The van der Waals surface area contributed by atoms with Crippen LogP contribution in [0.3, 0.4) is 0 Å². The SMILES string of the molecule is Cc1ccccc1N1C(=O)c2ccc(C(=O)N3CCN([C@H](C#N)c4ccc(F)cc4)CC3)cc2C1=O. The van der Waals surface area contributed by atoms with E-state index in [4.69, 9.17) is 0 Å². The maximum atomic E-state index is 13.3. The molecule has 7 nitrogen and oxygen atoms in total. The highest BCUT2D eigenvalue weighted by Crippen LogP contribution is 2.31. The summed E-state index contributed by atoms with van der Waals surface area (Å²) in [6.45, 7) is 3.59. The number of halogens is 1. The van der Waals surface area contributed by atoms with E-state index in [0.717, 1.165) is 10.5 Å². The number of hydrogen-bond acceptors (Lipinski definition) is 5. The van der Waals surface area contributed by atoms with Gasteiger partial charge in [0.15, 0.2) is 0 Å². The number of nitrogens with zero attached hydrogens (tertiary/aromatic N) is 4. The average Bonchev–Trinajstić information content (AvgIpc) is 3.15. The summed E-state index contributed by atoms with van der Waals surface area (Å²) in [6.07, 6.45) is 0. The van der Waals surface area contributed by atoms with Gasteiger partial charge in [-0.2, -0.15) is 5.26 Å². The van der Waals surface area contributed by atoms with Crippen molar-refractivity contribution in [1.82, 2.24) is 9.80 Å². The van der Waals surface area contributed by atoms with E-state index in [1.807, 2.05) is 24.0 Å². The molecule has 1 atom stereocenters. The number of carbonyl (C=O) groups is 3. The first-order chi connectivity index (χ1) is 17.4. The van der Waals surface area contributed by atoms with E-state index < -0.39 is 17.9 Å². The lowest BCUT2D eigenvalue weighted by Gasteiger charge is -2.37. The zero-order chi connectivity index (χ0) is 25.4. The van der Waals surface area contributed by atoms with Crippen LogP contribution in [-0.2, 0) is 0 Å². The molecule has 3 amide bonds. The number of anilines is 1. The predicted octanol–water partition coefficient (Wildman–Crippen LogP) is 3.96. The van der Waals surface area contributed by atoms with Crippen molar-refractivity contribution >= 4 is 23.4 Å². The molecule has 180 valence electrons. The first kappa shape index (κ1) is 23.4. The van der Waals surface area contributed by atoms with E-state index in [2.05, 4.69) is 6.07 Å². The van der Waals surface area contributed by atoms with Crippen LogP contribution in [0.25, 0.3) is 0 Å². The Morgan fingerprint density at radius 3 is 2.25 bits per heavy atom. The maximum Gasteiger partial charge on any atom is 0.266 e. The van der Waals surface area contributed by atoms with Gasteiger partial charge in [0.2, 0.25) is 0 Å². The molecule has 3 aromatic carbocycles. The molecule has 1 saturated heterocycles. The normalized spacial score (nSPS) is 16.6. The van der Waals surface area contributed by atoms with Crippen LogP contribution in [0.2, 0.25) is 0 Å². The van der Waals surface area contributed by atoms with Crippen molar-refractivity contribution in [3.63, 3.8) is 0 Å². The quantitative estimate of drug-likeness (QED) is 0.526. The summed E-state index contributed by atoms with van der Waals surface area (Å²) in [5.41, 5.74) is 2.87. The highest BCUT2D eigenvalue weighted by Gasteiger charge is 2.38. The van der Waals surface area contributed by atoms with Crippen LogP contribution in [0.1, 0.15) is 48.2 Å². The third kappa shape index (κ3) is 4.04. The van der Waals surface area contributed by atoms with E-state index in [1.54, 1.807) is 35.2 Å². The third-order valence-electron chi connectivity index (χ3n) is 6.76. The molecule has 0 spiro atoms. The summed E-state index contributed by atoms with van der Waals surface area (Å²) in [5, 5.41) is 9.68. The second-order valence-corrected chi connectivity index (χ2v) is 8.90. The van der Waals surface area contributed by atoms with E-state index in [1.165, 1.54) is 24.3 Å². The van der Waals surface area contributed by atoms with Gasteiger partial charge in [0, 0.05) is 31.7 Å². The van der Waals surface area contributed by atoms with Gasteiger partial charge in [-0.15, -0.1) is 0 Å². The minimum atomic E-state index is -0.529. The van der Waals surface area contributed by atoms with Gasteiger partial charge in [-0.05, 0) is 54.4 Å². The molecule has 0 unspecified atom stereocenters. The van der Waals surface area contributed by atoms with Crippen molar-refractivity contribution in [3.8, 4) is 6.07 Å². The summed E-state index contributed by atoms with van der Waals surface area (Å²) in [4.78, 5) is 44.1. The number of benzene rings is 3. The number of amides is 3. The Labute approximate surface area is 208 Å². The first-order valence-electron chi connectivity index (χ1n) is 11.7. The van der Waals surface area contributed by atoms with Crippen LogP contribution in [0.4, 0.5) is 10.1 Å². The topological polar surface area (TPSA) is 84.7 Å². The minimum Gasteiger partial charge on any atom is -0.336 e. The number of rotatable bonds is 4. The van der Waals surface area contributed by atoms with E-state index >= 15 is 0 Å². The van der Waals surface area contributed by atoms with Gasteiger partial charge in [-0.25, -0.2) is 9.29 Å². The molecule has 0 radical (unpaired) electrons. The average molecular weight is 483 g/mol. The molecule has 2 aliphatic rings. The maximum absolute atomic E-state index is 13.3. The van der Waals surface area contributed by atoms with Crippen molar-refractivity contribution in [2.24, 2.45) is 0 Å². The molecule has 0 aromatic heterocycles. The van der Waals surface area contributed by atoms with Gasteiger partial charge in [0.05, 0.1) is 22.9 Å². The predicted molar refractivity (Wildman–Crippen MR) is 131 cm³/mol. The number of para-hydroxylation sites is 1. The fourth-order valence-corrected chi connectivity index (χ4v) is 4.78. The van der Waals surface area contributed by atoms with Crippen LogP contribution in [0, 0.1) is 24.1 Å². The molecule has 36 heavy (non-hydrogen) atoms. The standard InChI is InChI=1S/C28H23FN4O3/c1-18-4-2-3-5-24(18)33-27(35)22-11-8-20(16-23(22)28(33)36)26(34)32-14-12-31(13-15-32)25(17-30)19-6-9-21(29)10-7-19/h2-11,16,25H,12-15H2,1H3/t25-/m1/s1. The van der Waals surface area contributed by atoms with Crippen molar-refractivity contribution < 1.29 is 18.8 Å². The Hall–Kier alpha value is -4.35. The number of imide groups is 1. The molecule has 0 saturated carbocycles. The van der Waals surface area contributed by atoms with Crippen LogP contribution in [-0.4, -0.2) is 53.7 Å². The summed E-state index contributed by atoms with van der Waals surface area (Å²) < 4.78 is 13.3. The van der Waals surface area contributed by atoms with Crippen molar-refractivity contribution in [1.29, 1.82) is 5.26 Å². The smallest absolute Gasteiger partial charge is 0.266 e. The summed E-state index contributed by atoms with van der Waals surface area (Å²) in [7, 11) is 0. The molecule has 8 heteroatoms. The van der Waals surface area contributed by atoms with Gasteiger partial charge < -0.3 is 4.90 Å². The van der Waals surface area contributed by atoms with Crippen molar-refractivity contribution in [2.45, 2.75) is 13.0 Å². The van der Waals surface area contributed by atoms with Gasteiger partial charge in [0.25, 0.3) is 17.7 Å². The monoisotopic (exact) mass is 482 g/mol. The lowest BCUT2D eigenvalue weighted by atomic mass is 10.0. The fourth-order valence-electron chi connectivity index (χ4n) is 4.78. The Bertz CT molecular complexity index is 1410. The molecule has 0 bridgehead atoms. The van der Waals surface area contributed by atoms with E-state index in [-0.39, 0.29) is 22.9 Å². The number of carbonyl (C=O) groups excluding carboxylic acids is 3. The number of hydrogen-bond donors (Lipinski definition) is 0. The lowest BCUT2D eigenvalue weighted by molar-refractivity contribution is 0.0606. The molecule has 2 heterocycles. The minimum absolute atomic E-state index is 0.216. The summed E-state index contributed by atoms with van der Waals surface area (Å²) in [6, 6.07) is 19.4. The van der Waals surface area contributed by atoms with Crippen molar-refractivity contribution in [2.75, 3.05) is 31.1 Å². The molecule has 3 aromatic rings. The molecular weight excluding hydrogens is 459 g/mol. The second kappa shape index (κ2) is 9.36. The first-order valence-corrected chi connectivity index (χ1v) is 11.7. The van der Waals surface area contributed by atoms with Crippen LogP contribution < -0.4 is 4.90 Å². The number of piperazine rings is 1. The van der Waals surface area contributed by atoms with E-state index in [9.17, 15) is 24.0 Å². The second-order valence-electron chi connectivity index (χ2n) is 8.90. The Morgan fingerprint density at radius 1 is 0.917 bits per heavy atom. The lowest BCUT2D eigenvalue weighted by Crippen LogP contribution is -2.49.